The van der Waals surface area contributed by atoms with E-state index in [4.69, 9.17) is 9.47 Å². The molecule has 0 aliphatic carbocycles. The summed E-state index contributed by atoms with van der Waals surface area (Å²) in [5, 5.41) is 2.72. The van der Waals surface area contributed by atoms with E-state index in [0.29, 0.717) is 19.7 Å². The fourth-order valence-electron chi connectivity index (χ4n) is 2.71. The van der Waals surface area contributed by atoms with E-state index in [1.807, 2.05) is 55.5 Å². The van der Waals surface area contributed by atoms with Crippen molar-refractivity contribution < 1.29 is 19.1 Å². The van der Waals surface area contributed by atoms with Gasteiger partial charge in [-0.15, -0.1) is 11.8 Å². The minimum Gasteiger partial charge on any atom is -0.497 e. The molecule has 0 saturated carbocycles. The molecule has 2 aromatic rings. The van der Waals surface area contributed by atoms with Crippen LogP contribution >= 0.6 is 11.8 Å². The van der Waals surface area contributed by atoms with E-state index < -0.39 is 0 Å². The lowest BCUT2D eigenvalue weighted by Gasteiger charge is -2.15. The average molecular weight is 386 g/mol. The molecule has 1 aliphatic heterocycles. The van der Waals surface area contributed by atoms with Crippen LogP contribution < -0.4 is 15.0 Å². The van der Waals surface area contributed by atoms with Gasteiger partial charge in [0.2, 0.25) is 5.91 Å². The van der Waals surface area contributed by atoms with Crippen molar-refractivity contribution in [3.8, 4) is 5.75 Å². The summed E-state index contributed by atoms with van der Waals surface area (Å²) in [5.74, 6) is 0.750. The summed E-state index contributed by atoms with van der Waals surface area (Å²) in [5.41, 5.74) is 1.71. The van der Waals surface area contributed by atoms with Gasteiger partial charge >= 0.3 is 6.09 Å². The topological polar surface area (TPSA) is 67.9 Å². The van der Waals surface area contributed by atoms with Crippen molar-refractivity contribution in [3.63, 3.8) is 0 Å². The normalized spacial score (nSPS) is 14.6. The van der Waals surface area contributed by atoms with Gasteiger partial charge < -0.3 is 14.8 Å². The summed E-state index contributed by atoms with van der Waals surface area (Å²) in [6.07, 6.45) is -0.333. The van der Waals surface area contributed by atoms with Crippen LogP contribution in [0.4, 0.5) is 10.5 Å². The summed E-state index contributed by atoms with van der Waals surface area (Å²) in [4.78, 5) is 26.7. The summed E-state index contributed by atoms with van der Waals surface area (Å²) >= 11 is 1.49. The van der Waals surface area contributed by atoms with E-state index >= 15 is 0 Å². The summed E-state index contributed by atoms with van der Waals surface area (Å²) in [7, 11) is 1.62. The molecule has 142 valence electrons. The summed E-state index contributed by atoms with van der Waals surface area (Å²) in [6, 6.07) is 15.2. The standard InChI is InChI=1S/C20H22N2O4S/c1-14(27-18-8-6-17(25-2)7-9-18)19(23)21-13-15-4-3-5-16(12-15)22-10-11-26-20(22)24/h3-9,12,14H,10-11,13H2,1-2H3,(H,21,23). The van der Waals surface area contributed by atoms with Crippen LogP contribution in [0.25, 0.3) is 0 Å². The lowest BCUT2D eigenvalue weighted by molar-refractivity contribution is -0.120. The first-order valence-electron chi connectivity index (χ1n) is 8.68. The lowest BCUT2D eigenvalue weighted by Crippen LogP contribution is -2.30. The van der Waals surface area contributed by atoms with Gasteiger partial charge in [-0.2, -0.15) is 0 Å². The van der Waals surface area contributed by atoms with Crippen molar-refractivity contribution in [3.05, 3.63) is 54.1 Å². The van der Waals surface area contributed by atoms with E-state index in [0.717, 1.165) is 21.9 Å². The molecule has 2 aromatic carbocycles. The molecule has 7 heteroatoms. The molecular formula is C20H22N2O4S. The van der Waals surface area contributed by atoms with Gasteiger partial charge in [0.25, 0.3) is 0 Å². The molecule has 6 nitrogen and oxygen atoms in total. The highest BCUT2D eigenvalue weighted by molar-refractivity contribution is 8.00. The maximum Gasteiger partial charge on any atom is 0.414 e. The van der Waals surface area contributed by atoms with Gasteiger partial charge in [-0.05, 0) is 48.9 Å². The molecule has 0 radical (unpaired) electrons. The Morgan fingerprint density at radius 2 is 2.07 bits per heavy atom. The number of carbonyl (C=O) groups excluding carboxylic acids is 2. The highest BCUT2D eigenvalue weighted by Crippen LogP contribution is 2.25. The van der Waals surface area contributed by atoms with E-state index in [-0.39, 0.29) is 17.3 Å². The van der Waals surface area contributed by atoms with Crippen LogP contribution in [0.1, 0.15) is 12.5 Å². The van der Waals surface area contributed by atoms with Crippen molar-refractivity contribution in [1.29, 1.82) is 0 Å². The van der Waals surface area contributed by atoms with E-state index in [1.165, 1.54) is 11.8 Å². The molecule has 0 aromatic heterocycles. The molecule has 0 bridgehead atoms. The number of carbonyl (C=O) groups is 2. The number of hydrogen-bond donors (Lipinski definition) is 1. The van der Waals surface area contributed by atoms with Gasteiger partial charge in [-0.1, -0.05) is 12.1 Å². The minimum absolute atomic E-state index is 0.0400. The van der Waals surface area contributed by atoms with Gasteiger partial charge in [0.15, 0.2) is 0 Å². The molecule has 1 heterocycles. The molecular weight excluding hydrogens is 364 g/mol. The first-order chi connectivity index (χ1) is 13.1. The number of rotatable bonds is 7. The maximum atomic E-state index is 12.4. The Bertz CT molecular complexity index is 810. The molecule has 27 heavy (non-hydrogen) atoms. The van der Waals surface area contributed by atoms with Crippen LogP contribution in [0.3, 0.4) is 0 Å². The summed E-state index contributed by atoms with van der Waals surface area (Å²) in [6.45, 7) is 3.23. The number of anilines is 1. The number of methoxy groups -OCH3 is 1. The number of cyclic esters (lactones) is 1. The van der Waals surface area contributed by atoms with Crippen molar-refractivity contribution in [2.45, 2.75) is 23.6 Å². The first-order valence-corrected chi connectivity index (χ1v) is 9.56. The largest absolute Gasteiger partial charge is 0.497 e. The average Bonchev–Trinajstić information content (AvgIpc) is 3.13. The number of nitrogens with one attached hydrogen (secondary N) is 1. The third-order valence-corrected chi connectivity index (χ3v) is 5.30. The van der Waals surface area contributed by atoms with Gasteiger partial charge in [0.1, 0.15) is 12.4 Å². The third-order valence-electron chi connectivity index (χ3n) is 4.19. The van der Waals surface area contributed by atoms with Gasteiger partial charge in [-0.3, -0.25) is 9.69 Å². The fourth-order valence-corrected chi connectivity index (χ4v) is 3.60. The zero-order chi connectivity index (χ0) is 19.2. The molecule has 1 N–H and O–H groups in total. The second-order valence-corrected chi connectivity index (χ2v) is 7.50. The predicted octanol–water partition coefficient (Wildman–Crippen LogP) is 3.45. The Morgan fingerprint density at radius 1 is 1.30 bits per heavy atom. The zero-order valence-electron chi connectivity index (χ0n) is 15.3. The summed E-state index contributed by atoms with van der Waals surface area (Å²) < 4.78 is 10.1. The van der Waals surface area contributed by atoms with Crippen LogP contribution in [0.2, 0.25) is 0 Å². The van der Waals surface area contributed by atoms with Crippen molar-refractivity contribution in [1.82, 2.24) is 5.32 Å². The monoisotopic (exact) mass is 386 g/mol. The molecule has 3 rings (SSSR count). The molecule has 1 aliphatic rings. The number of thioether (sulfide) groups is 1. The van der Waals surface area contributed by atoms with Gasteiger partial charge in [0.05, 0.1) is 18.9 Å². The Hall–Kier alpha value is -2.67. The molecule has 2 amide bonds. The Kier molecular flexibility index (Phi) is 6.24. The molecule has 1 saturated heterocycles. The Balaban J connectivity index is 1.54. The molecule has 1 unspecified atom stereocenters. The number of ether oxygens (including phenoxy) is 2. The van der Waals surface area contributed by atoms with Crippen molar-refractivity contribution >= 4 is 29.4 Å². The predicted molar refractivity (Wildman–Crippen MR) is 105 cm³/mol. The number of nitrogens with zero attached hydrogens (tertiary/aromatic N) is 1. The minimum atomic E-state index is -0.333. The highest BCUT2D eigenvalue weighted by Gasteiger charge is 2.23. The van der Waals surface area contributed by atoms with E-state index in [1.54, 1.807) is 12.0 Å². The highest BCUT2D eigenvalue weighted by atomic mass is 32.2. The quantitative estimate of drug-likeness (QED) is 0.738. The fraction of sp³-hybridized carbons (Fsp3) is 0.300. The van der Waals surface area contributed by atoms with E-state index in [2.05, 4.69) is 5.32 Å². The molecule has 1 fully saturated rings. The second kappa shape index (κ2) is 8.81. The number of benzene rings is 2. The van der Waals surface area contributed by atoms with Crippen LogP contribution in [-0.2, 0) is 16.1 Å². The molecule has 0 spiro atoms. The zero-order valence-corrected chi connectivity index (χ0v) is 16.1. The number of hydrogen-bond acceptors (Lipinski definition) is 5. The van der Waals surface area contributed by atoms with Crippen molar-refractivity contribution in [2.75, 3.05) is 25.2 Å². The molecule has 1 atom stereocenters. The smallest absolute Gasteiger partial charge is 0.414 e. The van der Waals surface area contributed by atoms with Crippen LogP contribution in [0.15, 0.2) is 53.4 Å². The Labute approximate surface area is 162 Å². The number of amides is 2. The first kappa shape index (κ1) is 19.1. The van der Waals surface area contributed by atoms with Gasteiger partial charge in [0, 0.05) is 17.1 Å². The van der Waals surface area contributed by atoms with Crippen LogP contribution in [0, 0.1) is 0 Å². The SMILES string of the molecule is COc1ccc(SC(C)C(=O)NCc2cccc(N3CCOC3=O)c2)cc1. The third kappa shape index (κ3) is 4.95. The van der Waals surface area contributed by atoms with Gasteiger partial charge in [-0.25, -0.2) is 4.79 Å². The maximum absolute atomic E-state index is 12.4. The van der Waals surface area contributed by atoms with Crippen LogP contribution in [-0.4, -0.2) is 37.5 Å². The lowest BCUT2D eigenvalue weighted by atomic mass is 10.2. The Morgan fingerprint density at radius 3 is 2.74 bits per heavy atom. The second-order valence-electron chi connectivity index (χ2n) is 6.09. The van der Waals surface area contributed by atoms with Crippen LogP contribution in [0.5, 0.6) is 5.75 Å². The van der Waals surface area contributed by atoms with Crippen molar-refractivity contribution in [2.24, 2.45) is 0 Å². The van der Waals surface area contributed by atoms with E-state index in [9.17, 15) is 9.59 Å².